The van der Waals surface area contributed by atoms with Crippen LogP contribution in [-0.4, -0.2) is 23.7 Å². The van der Waals surface area contributed by atoms with E-state index in [1.165, 1.54) is 0 Å². The quantitative estimate of drug-likeness (QED) is 0.620. The van der Waals surface area contributed by atoms with E-state index in [9.17, 15) is 9.59 Å². The smallest absolute Gasteiger partial charge is 0.248 e. The molecule has 1 aromatic carbocycles. The Kier molecular flexibility index (Phi) is 4.60. The average molecular weight is 272 g/mol. The van der Waals surface area contributed by atoms with Gasteiger partial charge in [-0.3, -0.25) is 9.59 Å². The van der Waals surface area contributed by atoms with Crippen LogP contribution in [0.25, 0.3) is 0 Å². The van der Waals surface area contributed by atoms with E-state index in [0.717, 1.165) is 11.3 Å². The second kappa shape index (κ2) is 6.60. The van der Waals surface area contributed by atoms with Crippen molar-refractivity contribution < 1.29 is 9.59 Å². The number of nitrogens with one attached hydrogen (secondary N) is 2. The molecule has 2 amide bonds. The molecule has 1 aromatic rings. The van der Waals surface area contributed by atoms with E-state index in [1.807, 2.05) is 30.3 Å². The normalized spacial score (nSPS) is 17.9. The highest BCUT2D eigenvalue weighted by Crippen LogP contribution is 2.13. The van der Waals surface area contributed by atoms with Gasteiger partial charge >= 0.3 is 0 Å². The van der Waals surface area contributed by atoms with E-state index in [1.54, 1.807) is 13.1 Å². The molecule has 20 heavy (non-hydrogen) atoms. The summed E-state index contributed by atoms with van der Waals surface area (Å²) in [6.07, 6.45) is 2.25. The summed E-state index contributed by atoms with van der Waals surface area (Å²) in [7, 11) is 0. The molecule has 1 aliphatic rings. The predicted molar refractivity (Wildman–Crippen MR) is 76.2 cm³/mol. The molecule has 0 unspecified atom stereocenters. The first-order valence-corrected chi connectivity index (χ1v) is 6.38. The summed E-state index contributed by atoms with van der Waals surface area (Å²) in [5.41, 5.74) is 6.47. The molecule has 0 spiro atoms. The van der Waals surface area contributed by atoms with Crippen molar-refractivity contribution in [2.24, 2.45) is 16.1 Å². The van der Waals surface area contributed by atoms with E-state index in [4.69, 9.17) is 0 Å². The fraction of sp³-hybridized carbons (Fsp3) is 0.286. The highest BCUT2D eigenvalue weighted by Gasteiger charge is 2.26. The van der Waals surface area contributed by atoms with Gasteiger partial charge in [0.25, 0.3) is 0 Å². The third-order valence-corrected chi connectivity index (χ3v) is 3.03. The Balaban J connectivity index is 1.75. The van der Waals surface area contributed by atoms with Gasteiger partial charge in [0.05, 0.1) is 12.1 Å². The van der Waals surface area contributed by atoms with Gasteiger partial charge in [0.1, 0.15) is 0 Å². The lowest BCUT2D eigenvalue weighted by atomic mass is 9.99. The van der Waals surface area contributed by atoms with Crippen molar-refractivity contribution in [3.05, 3.63) is 35.9 Å². The summed E-state index contributed by atoms with van der Waals surface area (Å²) in [4.78, 5) is 23.0. The first kappa shape index (κ1) is 13.9. The number of rotatable bonds is 5. The molecule has 0 bridgehead atoms. The SMILES string of the molecule is CC1=NNC(=O)[C@@H]1CCC(=O)N/N=C\c1ccccc1. The van der Waals surface area contributed by atoms with E-state index in [0.29, 0.717) is 6.42 Å². The van der Waals surface area contributed by atoms with Gasteiger partial charge in [0, 0.05) is 12.1 Å². The van der Waals surface area contributed by atoms with Gasteiger partial charge in [-0.25, -0.2) is 10.9 Å². The van der Waals surface area contributed by atoms with Crippen molar-refractivity contribution >= 4 is 23.7 Å². The standard InChI is InChI=1S/C14H16N4O2/c1-10-12(14(20)18-16-10)7-8-13(19)17-15-9-11-5-3-2-4-6-11/h2-6,9,12H,7-8H2,1H3,(H,17,19)(H,18,20)/b15-9-/t12-/m1/s1. The highest BCUT2D eigenvalue weighted by atomic mass is 16.2. The Hall–Kier alpha value is -2.50. The molecule has 0 aromatic heterocycles. The van der Waals surface area contributed by atoms with Crippen molar-refractivity contribution in [2.75, 3.05) is 0 Å². The summed E-state index contributed by atoms with van der Waals surface area (Å²) in [5.74, 6) is -0.674. The largest absolute Gasteiger partial charge is 0.273 e. The monoisotopic (exact) mass is 272 g/mol. The molecule has 104 valence electrons. The number of nitrogens with zero attached hydrogens (tertiary/aromatic N) is 2. The third-order valence-electron chi connectivity index (χ3n) is 3.03. The van der Waals surface area contributed by atoms with Gasteiger partial charge in [-0.15, -0.1) is 0 Å². The van der Waals surface area contributed by atoms with E-state index >= 15 is 0 Å². The topological polar surface area (TPSA) is 82.9 Å². The fourth-order valence-electron chi connectivity index (χ4n) is 1.88. The zero-order valence-electron chi connectivity index (χ0n) is 11.2. The van der Waals surface area contributed by atoms with Crippen LogP contribution in [0.15, 0.2) is 40.5 Å². The second-order valence-corrected chi connectivity index (χ2v) is 4.52. The van der Waals surface area contributed by atoms with E-state index < -0.39 is 0 Å². The predicted octanol–water partition coefficient (Wildman–Crippen LogP) is 1.04. The van der Waals surface area contributed by atoms with Crippen LogP contribution < -0.4 is 10.9 Å². The minimum atomic E-state index is -0.307. The molecule has 6 heteroatoms. The average Bonchev–Trinajstić information content (AvgIpc) is 2.77. The van der Waals surface area contributed by atoms with Gasteiger partial charge < -0.3 is 0 Å². The fourth-order valence-corrected chi connectivity index (χ4v) is 1.88. The molecule has 0 fully saturated rings. The highest BCUT2D eigenvalue weighted by molar-refractivity contribution is 6.07. The Morgan fingerprint density at radius 1 is 1.45 bits per heavy atom. The lowest BCUT2D eigenvalue weighted by Gasteiger charge is -2.06. The number of carbonyl (C=O) groups excluding carboxylic acids is 2. The molecule has 6 nitrogen and oxygen atoms in total. The number of hydrogen-bond acceptors (Lipinski definition) is 4. The van der Waals surface area contributed by atoms with E-state index in [2.05, 4.69) is 21.1 Å². The summed E-state index contributed by atoms with van der Waals surface area (Å²) in [5, 5.41) is 7.70. The number of benzene rings is 1. The van der Waals surface area contributed by atoms with Crippen LogP contribution in [0.1, 0.15) is 25.3 Å². The van der Waals surface area contributed by atoms with Gasteiger partial charge in [-0.1, -0.05) is 30.3 Å². The Morgan fingerprint density at radius 3 is 2.85 bits per heavy atom. The van der Waals surface area contributed by atoms with Crippen molar-refractivity contribution in [1.82, 2.24) is 10.9 Å². The molecular formula is C14H16N4O2. The van der Waals surface area contributed by atoms with Crippen molar-refractivity contribution in [1.29, 1.82) is 0 Å². The van der Waals surface area contributed by atoms with Crippen LogP contribution in [0.5, 0.6) is 0 Å². The molecular weight excluding hydrogens is 256 g/mol. The first-order valence-electron chi connectivity index (χ1n) is 6.38. The van der Waals surface area contributed by atoms with Crippen LogP contribution in [0.2, 0.25) is 0 Å². The lowest BCUT2D eigenvalue weighted by Crippen LogP contribution is -2.25. The van der Waals surface area contributed by atoms with Gasteiger partial charge in [-0.2, -0.15) is 10.2 Å². The third kappa shape index (κ3) is 3.74. The van der Waals surface area contributed by atoms with Crippen molar-refractivity contribution in [3.8, 4) is 0 Å². The minimum Gasteiger partial charge on any atom is -0.273 e. The van der Waals surface area contributed by atoms with E-state index in [-0.39, 0.29) is 24.2 Å². The minimum absolute atomic E-state index is 0.150. The Morgan fingerprint density at radius 2 is 2.20 bits per heavy atom. The molecule has 0 saturated carbocycles. The van der Waals surface area contributed by atoms with Crippen molar-refractivity contribution in [3.63, 3.8) is 0 Å². The lowest BCUT2D eigenvalue weighted by molar-refractivity contribution is -0.123. The molecule has 1 heterocycles. The van der Waals surface area contributed by atoms with Gasteiger partial charge in [0.15, 0.2) is 0 Å². The maximum Gasteiger partial charge on any atom is 0.248 e. The number of amides is 2. The Bertz CT molecular complexity index is 552. The van der Waals surface area contributed by atoms with Crippen LogP contribution in [0.3, 0.4) is 0 Å². The summed E-state index contributed by atoms with van der Waals surface area (Å²) < 4.78 is 0. The molecule has 0 saturated heterocycles. The summed E-state index contributed by atoms with van der Waals surface area (Å²) >= 11 is 0. The zero-order chi connectivity index (χ0) is 14.4. The molecule has 2 rings (SSSR count). The summed E-state index contributed by atoms with van der Waals surface area (Å²) in [6.45, 7) is 1.77. The van der Waals surface area contributed by atoms with Gasteiger partial charge in [0.2, 0.25) is 11.8 Å². The maximum atomic E-state index is 11.6. The van der Waals surface area contributed by atoms with Crippen LogP contribution in [-0.2, 0) is 9.59 Å². The molecule has 0 radical (unpaired) electrons. The molecule has 2 N–H and O–H groups in total. The van der Waals surface area contributed by atoms with Crippen LogP contribution >= 0.6 is 0 Å². The second-order valence-electron chi connectivity index (χ2n) is 4.52. The van der Waals surface area contributed by atoms with Gasteiger partial charge in [-0.05, 0) is 18.9 Å². The summed E-state index contributed by atoms with van der Waals surface area (Å²) in [6, 6.07) is 9.47. The number of carbonyl (C=O) groups is 2. The molecule has 0 aliphatic carbocycles. The van der Waals surface area contributed by atoms with Crippen LogP contribution in [0.4, 0.5) is 0 Å². The first-order chi connectivity index (χ1) is 9.66. The van der Waals surface area contributed by atoms with Crippen LogP contribution in [0, 0.1) is 5.92 Å². The Labute approximate surface area is 116 Å². The maximum absolute atomic E-state index is 11.6. The van der Waals surface area contributed by atoms with Crippen molar-refractivity contribution in [2.45, 2.75) is 19.8 Å². The molecule has 1 aliphatic heterocycles. The number of hydrogen-bond donors (Lipinski definition) is 2. The zero-order valence-corrected chi connectivity index (χ0v) is 11.2. The number of hydrazone groups is 2. The molecule has 1 atom stereocenters.